The second-order valence-electron chi connectivity index (χ2n) is 5.77. The third-order valence-electron chi connectivity index (χ3n) is 4.02. The number of nitrogens with one attached hydrogen (secondary N) is 2. The van der Waals surface area contributed by atoms with E-state index >= 15 is 0 Å². The lowest BCUT2D eigenvalue weighted by molar-refractivity contribution is -0.114. The van der Waals surface area contributed by atoms with Gasteiger partial charge < -0.3 is 15.2 Å². The standard InChI is InChI=1S/C19H19N3O2/c1-12-16-9-4-5-10-17(16)22(3)18(12)19(24)21-15-8-6-7-14(11-15)20-13(2)23/h4-11H,1-3H3,(H,20,23)(H,21,24). The highest BCUT2D eigenvalue weighted by Gasteiger charge is 2.18. The van der Waals surface area contributed by atoms with E-state index in [1.165, 1.54) is 6.92 Å². The maximum atomic E-state index is 12.7. The molecule has 0 atom stereocenters. The van der Waals surface area contributed by atoms with Crippen molar-refractivity contribution < 1.29 is 9.59 Å². The molecule has 0 unspecified atom stereocenters. The molecule has 0 aliphatic rings. The summed E-state index contributed by atoms with van der Waals surface area (Å²) in [6, 6.07) is 15.0. The van der Waals surface area contributed by atoms with Gasteiger partial charge in [-0.1, -0.05) is 24.3 Å². The molecule has 1 aromatic heterocycles. The zero-order valence-electron chi connectivity index (χ0n) is 13.9. The van der Waals surface area contributed by atoms with Gasteiger partial charge in [0.25, 0.3) is 5.91 Å². The van der Waals surface area contributed by atoms with Crippen LogP contribution >= 0.6 is 0 Å². The number of fused-ring (bicyclic) bond motifs is 1. The third-order valence-corrected chi connectivity index (χ3v) is 4.02. The number of benzene rings is 2. The number of aromatic nitrogens is 1. The molecule has 0 saturated heterocycles. The summed E-state index contributed by atoms with van der Waals surface area (Å²) in [7, 11) is 1.89. The van der Waals surface area contributed by atoms with Crippen molar-refractivity contribution in [1.82, 2.24) is 4.57 Å². The van der Waals surface area contributed by atoms with Gasteiger partial charge in [0.15, 0.2) is 0 Å². The van der Waals surface area contributed by atoms with Gasteiger partial charge in [-0.3, -0.25) is 9.59 Å². The molecule has 5 nitrogen and oxygen atoms in total. The zero-order chi connectivity index (χ0) is 17.3. The molecule has 5 heteroatoms. The van der Waals surface area contributed by atoms with E-state index < -0.39 is 0 Å². The smallest absolute Gasteiger partial charge is 0.272 e. The van der Waals surface area contributed by atoms with Crippen LogP contribution in [0, 0.1) is 6.92 Å². The monoisotopic (exact) mass is 321 g/mol. The Labute approximate surface area is 140 Å². The number of nitrogens with zero attached hydrogens (tertiary/aromatic N) is 1. The van der Waals surface area contributed by atoms with Gasteiger partial charge in [0.2, 0.25) is 5.91 Å². The van der Waals surface area contributed by atoms with Crippen molar-refractivity contribution in [2.45, 2.75) is 13.8 Å². The normalized spacial score (nSPS) is 10.6. The maximum absolute atomic E-state index is 12.7. The van der Waals surface area contributed by atoms with Gasteiger partial charge in [-0.15, -0.1) is 0 Å². The molecule has 0 spiro atoms. The Morgan fingerprint density at radius 2 is 1.62 bits per heavy atom. The van der Waals surface area contributed by atoms with Crippen LogP contribution in [0.3, 0.4) is 0 Å². The van der Waals surface area contributed by atoms with Crippen LogP contribution in [0.5, 0.6) is 0 Å². The minimum Gasteiger partial charge on any atom is -0.339 e. The van der Waals surface area contributed by atoms with Crippen molar-refractivity contribution in [2.75, 3.05) is 10.6 Å². The Morgan fingerprint density at radius 1 is 0.958 bits per heavy atom. The van der Waals surface area contributed by atoms with E-state index in [9.17, 15) is 9.59 Å². The molecule has 3 aromatic rings. The van der Waals surface area contributed by atoms with E-state index in [4.69, 9.17) is 0 Å². The van der Waals surface area contributed by atoms with Crippen LogP contribution < -0.4 is 10.6 Å². The van der Waals surface area contributed by atoms with Gasteiger partial charge in [0.1, 0.15) is 5.69 Å². The number of para-hydroxylation sites is 1. The summed E-state index contributed by atoms with van der Waals surface area (Å²) < 4.78 is 1.90. The average Bonchev–Trinajstić information content (AvgIpc) is 2.79. The van der Waals surface area contributed by atoms with Crippen molar-refractivity contribution >= 4 is 34.1 Å². The molecule has 3 rings (SSSR count). The minimum atomic E-state index is -0.175. The molecular weight excluding hydrogens is 302 g/mol. The van der Waals surface area contributed by atoms with Crippen molar-refractivity contribution in [1.29, 1.82) is 0 Å². The molecule has 2 amide bonds. The fourth-order valence-corrected chi connectivity index (χ4v) is 2.97. The first-order valence-corrected chi connectivity index (χ1v) is 7.70. The number of amides is 2. The highest BCUT2D eigenvalue weighted by atomic mass is 16.2. The number of hydrogen-bond donors (Lipinski definition) is 2. The van der Waals surface area contributed by atoms with Crippen LogP contribution in [-0.4, -0.2) is 16.4 Å². The van der Waals surface area contributed by atoms with Crippen molar-refractivity contribution in [3.63, 3.8) is 0 Å². The number of aryl methyl sites for hydroxylation is 2. The third kappa shape index (κ3) is 2.88. The van der Waals surface area contributed by atoms with Gasteiger partial charge in [-0.05, 0) is 36.8 Å². The molecule has 122 valence electrons. The number of anilines is 2. The number of carbonyl (C=O) groups is 2. The fourth-order valence-electron chi connectivity index (χ4n) is 2.97. The van der Waals surface area contributed by atoms with E-state index in [2.05, 4.69) is 10.6 Å². The van der Waals surface area contributed by atoms with Crippen LogP contribution in [0.2, 0.25) is 0 Å². The average molecular weight is 321 g/mol. The molecule has 0 bridgehead atoms. The second-order valence-corrected chi connectivity index (χ2v) is 5.77. The van der Waals surface area contributed by atoms with Crippen LogP contribution in [0.4, 0.5) is 11.4 Å². The van der Waals surface area contributed by atoms with Crippen LogP contribution in [0.25, 0.3) is 10.9 Å². The number of hydrogen-bond acceptors (Lipinski definition) is 2. The van der Waals surface area contributed by atoms with Crippen molar-refractivity contribution in [3.8, 4) is 0 Å². The summed E-state index contributed by atoms with van der Waals surface area (Å²) >= 11 is 0. The van der Waals surface area contributed by atoms with Gasteiger partial charge >= 0.3 is 0 Å². The maximum Gasteiger partial charge on any atom is 0.272 e. The molecule has 0 saturated carbocycles. The predicted molar refractivity (Wildman–Crippen MR) is 96.4 cm³/mol. The second kappa shape index (κ2) is 6.20. The van der Waals surface area contributed by atoms with E-state index in [0.29, 0.717) is 17.1 Å². The molecule has 24 heavy (non-hydrogen) atoms. The SMILES string of the molecule is CC(=O)Nc1cccc(NC(=O)c2c(C)c3ccccc3n2C)c1. The van der Waals surface area contributed by atoms with Crippen LogP contribution in [0.15, 0.2) is 48.5 Å². The lowest BCUT2D eigenvalue weighted by atomic mass is 10.1. The Morgan fingerprint density at radius 3 is 2.29 bits per heavy atom. The van der Waals surface area contributed by atoms with E-state index in [-0.39, 0.29) is 11.8 Å². The summed E-state index contributed by atoms with van der Waals surface area (Å²) in [4.78, 5) is 23.9. The summed E-state index contributed by atoms with van der Waals surface area (Å²) in [6.45, 7) is 3.40. The first kappa shape index (κ1) is 15.8. The van der Waals surface area contributed by atoms with Gasteiger partial charge in [0.05, 0.1) is 0 Å². The Hall–Kier alpha value is -3.08. The highest BCUT2D eigenvalue weighted by Crippen LogP contribution is 2.25. The predicted octanol–water partition coefficient (Wildman–Crippen LogP) is 3.70. The van der Waals surface area contributed by atoms with E-state index in [1.807, 2.05) is 42.8 Å². The Balaban J connectivity index is 1.92. The summed E-state index contributed by atoms with van der Waals surface area (Å²) in [6.07, 6.45) is 0. The fraction of sp³-hybridized carbons (Fsp3) is 0.158. The molecule has 0 aliphatic heterocycles. The largest absolute Gasteiger partial charge is 0.339 e. The first-order valence-electron chi connectivity index (χ1n) is 7.70. The molecule has 0 aliphatic carbocycles. The summed E-state index contributed by atoms with van der Waals surface area (Å²) in [5.41, 5.74) is 3.88. The molecule has 0 radical (unpaired) electrons. The Bertz CT molecular complexity index is 902. The minimum absolute atomic E-state index is 0.150. The molecule has 2 aromatic carbocycles. The number of rotatable bonds is 3. The highest BCUT2D eigenvalue weighted by molar-refractivity contribution is 6.08. The zero-order valence-corrected chi connectivity index (χ0v) is 13.9. The molecular formula is C19H19N3O2. The van der Waals surface area contributed by atoms with Crippen molar-refractivity contribution in [3.05, 3.63) is 59.8 Å². The summed E-state index contributed by atoms with van der Waals surface area (Å²) in [5, 5.41) is 6.68. The first-order chi connectivity index (χ1) is 11.5. The lowest BCUT2D eigenvalue weighted by Crippen LogP contribution is -2.17. The molecule has 0 fully saturated rings. The topological polar surface area (TPSA) is 63.1 Å². The lowest BCUT2D eigenvalue weighted by Gasteiger charge is -2.09. The quantitative estimate of drug-likeness (QED) is 0.772. The number of carbonyl (C=O) groups excluding carboxylic acids is 2. The van der Waals surface area contributed by atoms with Gasteiger partial charge in [0, 0.05) is 36.2 Å². The van der Waals surface area contributed by atoms with Crippen LogP contribution in [-0.2, 0) is 11.8 Å². The summed E-state index contributed by atoms with van der Waals surface area (Å²) in [5.74, 6) is -0.325. The molecule has 2 N–H and O–H groups in total. The Kier molecular flexibility index (Phi) is 4.08. The van der Waals surface area contributed by atoms with Gasteiger partial charge in [-0.25, -0.2) is 0 Å². The molecule has 1 heterocycles. The van der Waals surface area contributed by atoms with E-state index in [0.717, 1.165) is 16.5 Å². The van der Waals surface area contributed by atoms with E-state index in [1.54, 1.807) is 24.3 Å². The van der Waals surface area contributed by atoms with Gasteiger partial charge in [-0.2, -0.15) is 0 Å². The van der Waals surface area contributed by atoms with Crippen LogP contribution in [0.1, 0.15) is 23.0 Å². The van der Waals surface area contributed by atoms with Crippen molar-refractivity contribution in [2.24, 2.45) is 7.05 Å².